The Morgan fingerprint density at radius 2 is 1.86 bits per heavy atom. The van der Waals surface area contributed by atoms with E-state index in [0.29, 0.717) is 17.2 Å². The second-order valence-corrected chi connectivity index (χ2v) is 4.80. The fraction of sp³-hybridized carbons (Fsp3) is 0.133. The van der Waals surface area contributed by atoms with E-state index in [-0.39, 0.29) is 11.5 Å². The minimum absolute atomic E-state index is 0.356. The second-order valence-electron chi connectivity index (χ2n) is 4.80. The number of benzene rings is 2. The van der Waals surface area contributed by atoms with Crippen LogP contribution in [0.4, 0.5) is 4.39 Å². The van der Waals surface area contributed by atoms with Gasteiger partial charge in [-0.2, -0.15) is 9.36 Å². The van der Waals surface area contributed by atoms with Crippen molar-refractivity contribution in [2.75, 3.05) is 0 Å². The fourth-order valence-corrected chi connectivity index (χ4v) is 2.01. The fourth-order valence-electron chi connectivity index (χ4n) is 2.01. The molecule has 0 bridgehead atoms. The first-order valence-corrected chi connectivity index (χ1v) is 6.58. The Morgan fingerprint density at radius 1 is 1.09 bits per heavy atom. The summed E-state index contributed by atoms with van der Waals surface area (Å²) in [6.45, 7) is 1.85. The van der Waals surface area contributed by atoms with Crippen molar-refractivity contribution in [2.45, 2.75) is 6.92 Å². The number of aromatic nitrogens is 4. The molecule has 22 heavy (non-hydrogen) atoms. The van der Waals surface area contributed by atoms with Gasteiger partial charge < -0.3 is 4.74 Å². The number of ether oxygens (including phenoxy) is 1. The van der Waals surface area contributed by atoms with E-state index in [1.54, 1.807) is 30.3 Å². The molecule has 0 spiro atoms. The van der Waals surface area contributed by atoms with Gasteiger partial charge in [0, 0.05) is 19.2 Å². The Morgan fingerprint density at radius 3 is 2.55 bits per heavy atom. The summed E-state index contributed by atoms with van der Waals surface area (Å²) in [6.07, 6.45) is 0. The molecule has 0 amide bonds. The Balaban J connectivity index is 2.00. The van der Waals surface area contributed by atoms with Crippen LogP contribution in [0.2, 0.25) is 0 Å². The maximum absolute atomic E-state index is 13.2. The van der Waals surface area contributed by atoms with Crippen LogP contribution in [0.5, 0.6) is 11.5 Å². The second kappa shape index (κ2) is 5.44. The molecule has 0 unspecified atom stereocenters. The van der Waals surface area contributed by atoms with Gasteiger partial charge >= 0.3 is 5.69 Å². The quantitative estimate of drug-likeness (QED) is 0.744. The Labute approximate surface area is 125 Å². The van der Waals surface area contributed by atoms with E-state index in [9.17, 15) is 9.18 Å². The Bertz CT molecular complexity index is 885. The van der Waals surface area contributed by atoms with E-state index in [1.165, 1.54) is 23.9 Å². The van der Waals surface area contributed by atoms with Gasteiger partial charge in [-0.05, 0) is 41.1 Å². The number of aryl methyl sites for hydroxylation is 2. The molecule has 112 valence electrons. The van der Waals surface area contributed by atoms with Crippen LogP contribution < -0.4 is 10.4 Å². The lowest BCUT2D eigenvalue weighted by molar-refractivity contribution is 0.476. The standard InChI is InChI=1S/C15H13FN4O2/c1-10-6-7-13(22-12-5-3-4-11(16)8-12)9-14(10)20-15(21)19(2)17-18-20/h3-9H,1-2H3. The summed E-state index contributed by atoms with van der Waals surface area (Å²) in [7, 11) is 1.52. The highest BCUT2D eigenvalue weighted by Gasteiger charge is 2.10. The van der Waals surface area contributed by atoms with Crippen molar-refractivity contribution in [3.05, 3.63) is 64.3 Å². The van der Waals surface area contributed by atoms with Gasteiger partial charge in [0.05, 0.1) is 5.69 Å². The van der Waals surface area contributed by atoms with Crippen LogP contribution in [0.1, 0.15) is 5.56 Å². The summed E-state index contributed by atoms with van der Waals surface area (Å²) in [5.74, 6) is 0.472. The van der Waals surface area contributed by atoms with Crippen LogP contribution in [0.15, 0.2) is 47.3 Å². The predicted octanol–water partition coefficient (Wildman–Crippen LogP) is 2.21. The number of hydrogen-bond acceptors (Lipinski definition) is 4. The van der Waals surface area contributed by atoms with Gasteiger partial charge in [0.2, 0.25) is 0 Å². The van der Waals surface area contributed by atoms with E-state index >= 15 is 0 Å². The molecule has 2 aromatic carbocycles. The minimum Gasteiger partial charge on any atom is -0.457 e. The lowest BCUT2D eigenvalue weighted by atomic mass is 10.2. The summed E-state index contributed by atoms with van der Waals surface area (Å²) >= 11 is 0. The third-order valence-corrected chi connectivity index (χ3v) is 3.16. The van der Waals surface area contributed by atoms with Gasteiger partial charge in [-0.3, -0.25) is 0 Å². The molecule has 7 heteroatoms. The van der Waals surface area contributed by atoms with Crippen molar-refractivity contribution in [1.29, 1.82) is 0 Å². The maximum Gasteiger partial charge on any atom is 0.368 e. The van der Waals surface area contributed by atoms with Gasteiger partial charge in [-0.15, -0.1) is 0 Å². The van der Waals surface area contributed by atoms with Crippen molar-refractivity contribution in [3.8, 4) is 17.2 Å². The third kappa shape index (κ3) is 2.60. The lowest BCUT2D eigenvalue weighted by Crippen LogP contribution is -2.22. The number of nitrogens with zero attached hydrogens (tertiary/aromatic N) is 4. The minimum atomic E-state index is -0.380. The van der Waals surface area contributed by atoms with Crippen molar-refractivity contribution >= 4 is 0 Å². The topological polar surface area (TPSA) is 61.9 Å². The highest BCUT2D eigenvalue weighted by molar-refractivity contribution is 5.46. The van der Waals surface area contributed by atoms with Crippen LogP contribution in [0, 0.1) is 12.7 Å². The summed E-state index contributed by atoms with van der Waals surface area (Å²) in [5, 5.41) is 7.50. The van der Waals surface area contributed by atoms with Crippen LogP contribution in [0.3, 0.4) is 0 Å². The molecule has 0 fully saturated rings. The summed E-state index contributed by atoms with van der Waals surface area (Å²) in [4.78, 5) is 11.9. The number of halogens is 1. The summed E-state index contributed by atoms with van der Waals surface area (Å²) in [5.41, 5.74) is 1.05. The predicted molar refractivity (Wildman–Crippen MR) is 77.8 cm³/mol. The van der Waals surface area contributed by atoms with Crippen molar-refractivity contribution in [1.82, 2.24) is 19.8 Å². The number of tetrazole rings is 1. The third-order valence-electron chi connectivity index (χ3n) is 3.16. The van der Waals surface area contributed by atoms with Crippen LogP contribution in [0.25, 0.3) is 5.69 Å². The molecule has 0 aliphatic heterocycles. The molecule has 0 saturated heterocycles. The molecular weight excluding hydrogens is 287 g/mol. The monoisotopic (exact) mass is 300 g/mol. The molecule has 0 saturated carbocycles. The molecule has 3 aromatic rings. The number of hydrogen-bond donors (Lipinski definition) is 0. The average molecular weight is 300 g/mol. The van der Waals surface area contributed by atoms with Crippen LogP contribution in [-0.2, 0) is 7.05 Å². The summed E-state index contributed by atoms with van der Waals surface area (Å²) < 4.78 is 21.1. The Kier molecular flexibility index (Phi) is 3.46. The lowest BCUT2D eigenvalue weighted by Gasteiger charge is -2.09. The first-order chi connectivity index (χ1) is 10.5. The first kappa shape index (κ1) is 14.0. The van der Waals surface area contributed by atoms with E-state index < -0.39 is 0 Å². The smallest absolute Gasteiger partial charge is 0.368 e. The average Bonchev–Trinajstić information content (AvgIpc) is 2.81. The normalized spacial score (nSPS) is 10.7. The zero-order valence-electron chi connectivity index (χ0n) is 12.0. The SMILES string of the molecule is Cc1ccc(Oc2cccc(F)c2)cc1-n1nnn(C)c1=O. The number of rotatable bonds is 3. The highest BCUT2D eigenvalue weighted by Crippen LogP contribution is 2.25. The van der Waals surface area contributed by atoms with E-state index in [0.717, 1.165) is 10.2 Å². The molecule has 0 radical (unpaired) electrons. The summed E-state index contributed by atoms with van der Waals surface area (Å²) in [6, 6.07) is 11.0. The first-order valence-electron chi connectivity index (χ1n) is 6.58. The molecule has 0 N–H and O–H groups in total. The molecular formula is C15H13FN4O2. The van der Waals surface area contributed by atoms with Gasteiger partial charge in [0.1, 0.15) is 17.3 Å². The molecule has 0 atom stereocenters. The van der Waals surface area contributed by atoms with Crippen LogP contribution in [-0.4, -0.2) is 19.8 Å². The zero-order chi connectivity index (χ0) is 15.7. The van der Waals surface area contributed by atoms with Crippen LogP contribution >= 0.6 is 0 Å². The molecule has 1 heterocycles. The van der Waals surface area contributed by atoms with E-state index in [4.69, 9.17) is 4.74 Å². The maximum atomic E-state index is 13.2. The molecule has 3 rings (SSSR count). The van der Waals surface area contributed by atoms with E-state index in [2.05, 4.69) is 10.4 Å². The van der Waals surface area contributed by atoms with Gasteiger partial charge in [0.25, 0.3) is 0 Å². The van der Waals surface area contributed by atoms with Crippen molar-refractivity contribution in [2.24, 2.45) is 7.05 Å². The van der Waals surface area contributed by atoms with E-state index in [1.807, 2.05) is 6.92 Å². The highest BCUT2D eigenvalue weighted by atomic mass is 19.1. The molecule has 0 aliphatic carbocycles. The van der Waals surface area contributed by atoms with Gasteiger partial charge in [-0.1, -0.05) is 12.1 Å². The molecule has 0 aliphatic rings. The zero-order valence-corrected chi connectivity index (χ0v) is 12.0. The van der Waals surface area contributed by atoms with Crippen molar-refractivity contribution in [3.63, 3.8) is 0 Å². The van der Waals surface area contributed by atoms with Gasteiger partial charge in [-0.25, -0.2) is 9.18 Å². The molecule has 6 nitrogen and oxygen atoms in total. The Hall–Kier alpha value is -2.96. The largest absolute Gasteiger partial charge is 0.457 e. The van der Waals surface area contributed by atoms with Crippen molar-refractivity contribution < 1.29 is 9.13 Å². The van der Waals surface area contributed by atoms with Gasteiger partial charge in [0.15, 0.2) is 0 Å². The molecule has 1 aromatic heterocycles.